The topological polar surface area (TPSA) is 128 Å². The number of fused-ring (bicyclic) bond motifs is 1. The fourth-order valence-corrected chi connectivity index (χ4v) is 4.76. The molecule has 0 radical (unpaired) electrons. The molecule has 0 aliphatic carbocycles. The summed E-state index contributed by atoms with van der Waals surface area (Å²) in [5.74, 6) is 0.708. The van der Waals surface area contributed by atoms with E-state index in [1.807, 2.05) is 28.9 Å². The van der Waals surface area contributed by atoms with Crippen LogP contribution in [0.25, 0.3) is 22.3 Å². The van der Waals surface area contributed by atoms with Gasteiger partial charge in [-0.15, -0.1) is 0 Å². The van der Waals surface area contributed by atoms with Gasteiger partial charge < -0.3 is 20.7 Å². The van der Waals surface area contributed by atoms with Crippen molar-refractivity contribution in [2.45, 2.75) is 25.4 Å². The van der Waals surface area contributed by atoms with E-state index < -0.39 is 0 Å². The molecule has 0 saturated carbocycles. The molecule has 2 amide bonds. The average Bonchev–Trinajstić information content (AvgIpc) is 3.37. The van der Waals surface area contributed by atoms with E-state index in [9.17, 15) is 9.59 Å². The van der Waals surface area contributed by atoms with E-state index in [1.54, 1.807) is 36.3 Å². The number of hydrogen-bond donors (Lipinski definition) is 2. The first-order chi connectivity index (χ1) is 18.5. The van der Waals surface area contributed by atoms with Gasteiger partial charge in [-0.25, -0.2) is 14.6 Å². The van der Waals surface area contributed by atoms with Crippen molar-refractivity contribution in [2.24, 2.45) is 0 Å². The third-order valence-electron chi connectivity index (χ3n) is 6.76. The molecule has 10 nitrogen and oxygen atoms in total. The van der Waals surface area contributed by atoms with Crippen LogP contribution in [-0.2, 0) is 11.3 Å². The summed E-state index contributed by atoms with van der Waals surface area (Å²) < 4.78 is 7.06. The van der Waals surface area contributed by atoms with E-state index in [4.69, 9.17) is 15.6 Å². The number of rotatable bonds is 7. The van der Waals surface area contributed by atoms with Gasteiger partial charge in [0.05, 0.1) is 18.5 Å². The quantitative estimate of drug-likeness (QED) is 0.364. The summed E-state index contributed by atoms with van der Waals surface area (Å²) in [5.41, 5.74) is 9.92. The van der Waals surface area contributed by atoms with Crippen LogP contribution in [0.3, 0.4) is 0 Å². The molecule has 0 unspecified atom stereocenters. The minimum absolute atomic E-state index is 0.0377. The van der Waals surface area contributed by atoms with Gasteiger partial charge >= 0.3 is 0 Å². The summed E-state index contributed by atoms with van der Waals surface area (Å²) in [6.45, 7) is 5.20. The van der Waals surface area contributed by atoms with Gasteiger partial charge in [0.1, 0.15) is 23.6 Å². The first-order valence-corrected chi connectivity index (χ1v) is 12.4. The summed E-state index contributed by atoms with van der Waals surface area (Å²) in [4.78, 5) is 35.3. The fourth-order valence-electron chi connectivity index (χ4n) is 4.76. The van der Waals surface area contributed by atoms with E-state index >= 15 is 0 Å². The Morgan fingerprint density at radius 2 is 2.03 bits per heavy atom. The molecule has 1 aliphatic rings. The molecule has 3 heterocycles. The number of anilines is 1. The highest BCUT2D eigenvalue weighted by atomic mass is 16.5. The van der Waals surface area contributed by atoms with Crippen molar-refractivity contribution < 1.29 is 14.3 Å². The number of aromatic nitrogens is 4. The van der Waals surface area contributed by atoms with Crippen LogP contribution in [0, 0.1) is 0 Å². The minimum Gasteiger partial charge on any atom is -0.497 e. The minimum atomic E-state index is -0.181. The van der Waals surface area contributed by atoms with Gasteiger partial charge in [-0.3, -0.25) is 9.59 Å². The highest BCUT2D eigenvalue weighted by molar-refractivity contribution is 5.98. The number of ether oxygens (including phenoxy) is 1. The van der Waals surface area contributed by atoms with Crippen molar-refractivity contribution >= 4 is 28.7 Å². The number of amides is 2. The van der Waals surface area contributed by atoms with Crippen LogP contribution >= 0.6 is 0 Å². The molecule has 2 aromatic heterocycles. The Morgan fingerprint density at radius 1 is 1.21 bits per heavy atom. The summed E-state index contributed by atoms with van der Waals surface area (Å²) in [5, 5.41) is 8.53. The van der Waals surface area contributed by atoms with Gasteiger partial charge in [0.2, 0.25) is 5.91 Å². The first-order valence-electron chi connectivity index (χ1n) is 12.4. The van der Waals surface area contributed by atoms with Crippen molar-refractivity contribution in [3.8, 4) is 17.0 Å². The second-order valence-electron chi connectivity index (χ2n) is 9.15. The van der Waals surface area contributed by atoms with Gasteiger partial charge in [0.25, 0.3) is 5.91 Å². The maximum absolute atomic E-state index is 12.6. The number of hydrogen-bond acceptors (Lipinski definition) is 7. The number of likely N-dealkylation sites (tertiary alicyclic amines) is 1. The standard InChI is InChI=1S/C28H29N7O3/c1-3-23(36)34-13-5-7-21(16-34)35-27-24(26(29)31-17-32-27)25(33-35)19-11-9-18(10-12-19)15-30-28(37)20-6-4-8-22(14-20)38-2/h3-4,6,8-12,14,17,21H,1,5,7,13,15-16H2,2H3,(H,30,37)(H2,29,31,32)/t21-/m1/s1. The molecular weight excluding hydrogens is 482 g/mol. The Morgan fingerprint density at radius 3 is 2.79 bits per heavy atom. The lowest BCUT2D eigenvalue weighted by atomic mass is 10.1. The summed E-state index contributed by atoms with van der Waals surface area (Å²) in [6, 6.07) is 14.8. The lowest BCUT2D eigenvalue weighted by Crippen LogP contribution is -2.40. The van der Waals surface area contributed by atoms with Crippen molar-refractivity contribution in [3.63, 3.8) is 0 Å². The largest absolute Gasteiger partial charge is 0.497 e. The predicted octanol–water partition coefficient (Wildman–Crippen LogP) is 3.36. The molecule has 38 heavy (non-hydrogen) atoms. The molecule has 1 saturated heterocycles. The first kappa shape index (κ1) is 24.9. The average molecular weight is 512 g/mol. The number of carbonyl (C=O) groups is 2. The van der Waals surface area contributed by atoms with Crippen molar-refractivity contribution in [1.82, 2.24) is 30.0 Å². The van der Waals surface area contributed by atoms with Gasteiger partial charge in [0.15, 0.2) is 5.65 Å². The van der Waals surface area contributed by atoms with E-state index in [1.165, 1.54) is 12.4 Å². The Kier molecular flexibility index (Phi) is 7.03. The molecule has 5 rings (SSSR count). The molecule has 4 aromatic rings. The number of nitrogens with zero attached hydrogens (tertiary/aromatic N) is 5. The number of benzene rings is 2. The van der Waals surface area contributed by atoms with E-state index in [0.717, 1.165) is 24.0 Å². The number of nitrogens with two attached hydrogens (primary N) is 1. The van der Waals surface area contributed by atoms with Crippen LogP contribution in [0.5, 0.6) is 5.75 Å². The van der Waals surface area contributed by atoms with Gasteiger partial charge in [-0.1, -0.05) is 36.9 Å². The molecule has 1 atom stereocenters. The maximum Gasteiger partial charge on any atom is 0.251 e. The Bertz CT molecular complexity index is 1500. The smallest absolute Gasteiger partial charge is 0.251 e. The Hall–Kier alpha value is -4.73. The Labute approximate surface area is 220 Å². The van der Waals surface area contributed by atoms with E-state index in [0.29, 0.717) is 53.5 Å². The zero-order valence-corrected chi connectivity index (χ0v) is 21.1. The van der Waals surface area contributed by atoms with Crippen LogP contribution in [0.15, 0.2) is 67.5 Å². The van der Waals surface area contributed by atoms with Crippen molar-refractivity contribution in [1.29, 1.82) is 0 Å². The van der Waals surface area contributed by atoms with Gasteiger partial charge in [-0.2, -0.15) is 5.10 Å². The molecule has 0 spiro atoms. The molecule has 194 valence electrons. The SMILES string of the molecule is C=CC(=O)N1CCC[C@@H](n2nc(-c3ccc(CNC(=O)c4cccc(OC)c4)cc3)c3c(N)ncnc32)C1. The van der Waals surface area contributed by atoms with Crippen molar-refractivity contribution in [3.05, 3.63) is 78.6 Å². The molecule has 1 fully saturated rings. The van der Waals surface area contributed by atoms with Crippen LogP contribution in [0.1, 0.15) is 34.8 Å². The molecular formula is C28H29N7O3. The molecule has 1 aliphatic heterocycles. The summed E-state index contributed by atoms with van der Waals surface area (Å²) >= 11 is 0. The van der Waals surface area contributed by atoms with Gasteiger partial charge in [0, 0.05) is 30.8 Å². The highest BCUT2D eigenvalue weighted by Crippen LogP contribution is 2.33. The zero-order chi connectivity index (χ0) is 26.6. The second-order valence-corrected chi connectivity index (χ2v) is 9.15. The Balaban J connectivity index is 1.38. The second kappa shape index (κ2) is 10.7. The molecule has 10 heteroatoms. The van der Waals surface area contributed by atoms with E-state index in [-0.39, 0.29) is 17.9 Å². The monoisotopic (exact) mass is 511 g/mol. The number of piperidine rings is 1. The number of nitrogen functional groups attached to an aromatic ring is 1. The maximum atomic E-state index is 12.6. The predicted molar refractivity (Wildman–Crippen MR) is 144 cm³/mol. The van der Waals surface area contributed by atoms with Crippen LogP contribution < -0.4 is 15.8 Å². The fraction of sp³-hybridized carbons (Fsp3) is 0.250. The lowest BCUT2D eigenvalue weighted by molar-refractivity contribution is -0.127. The number of nitrogens with one attached hydrogen (secondary N) is 1. The van der Waals surface area contributed by atoms with Crippen LogP contribution in [-0.4, -0.2) is 56.7 Å². The zero-order valence-electron chi connectivity index (χ0n) is 21.1. The van der Waals surface area contributed by atoms with Gasteiger partial charge in [-0.05, 0) is 42.7 Å². The molecule has 2 aromatic carbocycles. The highest BCUT2D eigenvalue weighted by Gasteiger charge is 2.28. The van der Waals surface area contributed by atoms with Crippen LogP contribution in [0.2, 0.25) is 0 Å². The third kappa shape index (κ3) is 4.93. The lowest BCUT2D eigenvalue weighted by Gasteiger charge is -2.32. The molecule has 0 bridgehead atoms. The van der Waals surface area contributed by atoms with E-state index in [2.05, 4.69) is 21.9 Å². The summed E-state index contributed by atoms with van der Waals surface area (Å²) in [7, 11) is 1.57. The number of methoxy groups -OCH3 is 1. The summed E-state index contributed by atoms with van der Waals surface area (Å²) in [6.07, 6.45) is 4.50. The number of carbonyl (C=O) groups excluding carboxylic acids is 2. The van der Waals surface area contributed by atoms with Crippen LogP contribution in [0.4, 0.5) is 5.82 Å². The third-order valence-corrected chi connectivity index (χ3v) is 6.76. The normalized spacial score (nSPS) is 15.3. The molecule has 3 N–H and O–H groups in total. The van der Waals surface area contributed by atoms with Crippen molar-refractivity contribution in [2.75, 3.05) is 25.9 Å².